The lowest BCUT2D eigenvalue weighted by Crippen LogP contribution is -2.27. The Balaban J connectivity index is 1.36. The molecule has 0 N–H and O–H groups in total. The minimum Gasteiger partial charge on any atom is -0.453 e. The monoisotopic (exact) mass is 423 g/mol. The van der Waals surface area contributed by atoms with E-state index in [-0.39, 0.29) is 11.8 Å². The summed E-state index contributed by atoms with van der Waals surface area (Å²) in [6.45, 7) is 0. The number of benzene rings is 1. The first-order valence-electron chi connectivity index (χ1n) is 8.85. The van der Waals surface area contributed by atoms with E-state index >= 15 is 0 Å². The van der Waals surface area contributed by atoms with Crippen LogP contribution in [0.5, 0.6) is 0 Å². The molecule has 1 amide bonds. The number of amides is 1. The van der Waals surface area contributed by atoms with E-state index in [4.69, 9.17) is 16.0 Å². The number of carbonyl (C=O) groups is 1. The van der Waals surface area contributed by atoms with E-state index in [2.05, 4.69) is 20.2 Å². The number of halogens is 1. The quantitative estimate of drug-likeness (QED) is 0.590. The summed E-state index contributed by atoms with van der Waals surface area (Å²) in [7, 11) is 1.86. The zero-order valence-electron chi connectivity index (χ0n) is 15.2. The maximum Gasteiger partial charge on any atom is 0.260 e. The molecule has 3 aromatic rings. The summed E-state index contributed by atoms with van der Waals surface area (Å²) in [5.41, 5.74) is 1.46. The van der Waals surface area contributed by atoms with Crippen LogP contribution in [0.15, 0.2) is 68.1 Å². The Kier molecular flexibility index (Phi) is 4.44. The minimum absolute atomic E-state index is 0.189. The molecule has 144 valence electrons. The van der Waals surface area contributed by atoms with E-state index in [0.717, 1.165) is 16.7 Å². The molecule has 0 spiro atoms. The molecule has 0 fully saturated rings. The van der Waals surface area contributed by atoms with Gasteiger partial charge >= 0.3 is 0 Å². The third kappa shape index (κ3) is 3.34. The van der Waals surface area contributed by atoms with Gasteiger partial charge in [-0.15, -0.1) is 10.2 Å². The highest BCUT2D eigenvalue weighted by Gasteiger charge is 2.26. The smallest absolute Gasteiger partial charge is 0.260 e. The molecule has 5 rings (SSSR count). The predicted molar refractivity (Wildman–Crippen MR) is 114 cm³/mol. The van der Waals surface area contributed by atoms with Crippen molar-refractivity contribution in [2.45, 2.75) is 5.16 Å². The number of thioether (sulfide) groups is 1. The van der Waals surface area contributed by atoms with E-state index in [1.165, 1.54) is 11.8 Å². The van der Waals surface area contributed by atoms with Crippen LogP contribution < -0.4 is 0 Å². The van der Waals surface area contributed by atoms with Crippen molar-refractivity contribution >= 4 is 51.8 Å². The predicted octanol–water partition coefficient (Wildman–Crippen LogP) is 4.10. The number of hydrogen-bond acceptors (Lipinski definition) is 6. The van der Waals surface area contributed by atoms with Gasteiger partial charge < -0.3 is 8.98 Å². The SMILES string of the molecule is Cn1c(SCC2=NC(=O)C3C=CC=CC3=N2)nnc1-c1cc2cc(Cl)ccc2o1. The van der Waals surface area contributed by atoms with Crippen molar-refractivity contribution in [1.29, 1.82) is 0 Å². The van der Waals surface area contributed by atoms with Crippen molar-refractivity contribution in [2.75, 3.05) is 5.75 Å². The number of fused-ring (bicyclic) bond motifs is 2. The third-order valence-electron chi connectivity index (χ3n) is 4.63. The van der Waals surface area contributed by atoms with E-state index in [9.17, 15) is 4.79 Å². The van der Waals surface area contributed by atoms with Gasteiger partial charge in [-0.05, 0) is 30.3 Å². The lowest BCUT2D eigenvalue weighted by Gasteiger charge is -2.17. The highest BCUT2D eigenvalue weighted by molar-refractivity contribution is 7.99. The minimum atomic E-state index is -0.364. The number of carbonyl (C=O) groups excluding carboxylic acids is 1. The second kappa shape index (κ2) is 7.13. The van der Waals surface area contributed by atoms with Gasteiger partial charge in [0, 0.05) is 17.5 Å². The number of aliphatic imine (C=N–C) groups is 2. The van der Waals surface area contributed by atoms with E-state index in [1.807, 2.05) is 54.1 Å². The summed E-state index contributed by atoms with van der Waals surface area (Å²) in [6, 6.07) is 7.34. The average molecular weight is 424 g/mol. The Morgan fingerprint density at radius 3 is 3.00 bits per heavy atom. The van der Waals surface area contributed by atoms with Crippen LogP contribution in [-0.2, 0) is 11.8 Å². The van der Waals surface area contributed by atoms with Crippen LogP contribution in [0.3, 0.4) is 0 Å². The second-order valence-electron chi connectivity index (χ2n) is 6.57. The molecule has 1 aromatic carbocycles. The number of hydrogen-bond donors (Lipinski definition) is 0. The molecule has 1 unspecified atom stereocenters. The molecular weight excluding hydrogens is 410 g/mol. The first-order chi connectivity index (χ1) is 14.1. The molecule has 0 bridgehead atoms. The third-order valence-corrected chi connectivity index (χ3v) is 5.88. The zero-order valence-corrected chi connectivity index (χ0v) is 16.8. The highest BCUT2D eigenvalue weighted by atomic mass is 35.5. The fourth-order valence-corrected chi connectivity index (χ4v) is 4.14. The van der Waals surface area contributed by atoms with Crippen LogP contribution in [0.2, 0.25) is 5.02 Å². The van der Waals surface area contributed by atoms with Gasteiger partial charge in [0.15, 0.2) is 16.7 Å². The Bertz CT molecular complexity index is 1270. The molecule has 0 radical (unpaired) electrons. The molecule has 1 atom stereocenters. The van der Waals surface area contributed by atoms with Gasteiger partial charge in [-0.25, -0.2) is 4.99 Å². The summed E-state index contributed by atoms with van der Waals surface area (Å²) in [5, 5.41) is 10.7. The van der Waals surface area contributed by atoms with E-state index in [0.29, 0.717) is 33.4 Å². The Labute approximate surface area is 174 Å². The normalized spacial score (nSPS) is 18.1. The Morgan fingerprint density at radius 1 is 1.21 bits per heavy atom. The summed E-state index contributed by atoms with van der Waals surface area (Å²) in [5.74, 6) is 1.56. The Morgan fingerprint density at radius 2 is 2.10 bits per heavy atom. The van der Waals surface area contributed by atoms with Crippen LogP contribution in [0, 0.1) is 5.92 Å². The second-order valence-corrected chi connectivity index (χ2v) is 7.95. The number of allylic oxidation sites excluding steroid dienone is 3. The standard InChI is InChI=1S/C20H14ClN5O2S/c1-26-18(16-9-11-8-12(21)6-7-15(11)28-16)24-25-20(26)29-10-17-22-14-5-3-2-4-13(14)19(27)23-17/h2-9,13H,10H2,1H3. The van der Waals surface area contributed by atoms with E-state index < -0.39 is 0 Å². The molecule has 2 aliphatic rings. The summed E-state index contributed by atoms with van der Waals surface area (Å²) in [6.07, 6.45) is 7.36. The molecule has 9 heteroatoms. The Hall–Kier alpha value is -2.97. The van der Waals surface area contributed by atoms with Gasteiger partial charge in [0.1, 0.15) is 17.3 Å². The van der Waals surface area contributed by atoms with Gasteiger partial charge in [-0.3, -0.25) is 4.79 Å². The van der Waals surface area contributed by atoms with Crippen LogP contribution in [0.4, 0.5) is 0 Å². The van der Waals surface area contributed by atoms with Gasteiger partial charge in [0.25, 0.3) is 5.91 Å². The average Bonchev–Trinajstić information content (AvgIpc) is 3.29. The van der Waals surface area contributed by atoms with Gasteiger partial charge in [-0.1, -0.05) is 41.6 Å². The van der Waals surface area contributed by atoms with Gasteiger partial charge in [0.2, 0.25) is 0 Å². The molecule has 0 saturated carbocycles. The first kappa shape index (κ1) is 18.1. The van der Waals surface area contributed by atoms with Crippen LogP contribution in [-0.4, -0.2) is 38.0 Å². The van der Waals surface area contributed by atoms with E-state index in [1.54, 1.807) is 6.07 Å². The number of amidine groups is 1. The molecular formula is C20H14ClN5O2S. The lowest BCUT2D eigenvalue weighted by atomic mass is 9.97. The van der Waals surface area contributed by atoms with Crippen molar-refractivity contribution in [2.24, 2.45) is 23.0 Å². The molecule has 1 aliphatic carbocycles. The fourth-order valence-electron chi connectivity index (χ4n) is 3.19. The van der Waals surface area contributed by atoms with Crippen LogP contribution in [0.25, 0.3) is 22.6 Å². The lowest BCUT2D eigenvalue weighted by molar-refractivity contribution is -0.118. The molecule has 1 aliphatic heterocycles. The zero-order chi connectivity index (χ0) is 20.0. The summed E-state index contributed by atoms with van der Waals surface area (Å²) in [4.78, 5) is 20.8. The largest absolute Gasteiger partial charge is 0.453 e. The molecule has 29 heavy (non-hydrogen) atoms. The molecule has 3 heterocycles. The molecule has 0 saturated heterocycles. The van der Waals surface area contributed by atoms with Gasteiger partial charge in [0.05, 0.1) is 11.5 Å². The topological polar surface area (TPSA) is 85.6 Å². The number of nitrogens with zero attached hydrogens (tertiary/aromatic N) is 5. The van der Waals surface area contributed by atoms with Gasteiger partial charge in [-0.2, -0.15) is 4.99 Å². The maximum atomic E-state index is 12.2. The highest BCUT2D eigenvalue weighted by Crippen LogP contribution is 2.30. The summed E-state index contributed by atoms with van der Waals surface area (Å²) < 4.78 is 7.72. The van der Waals surface area contributed by atoms with Crippen molar-refractivity contribution in [3.8, 4) is 11.6 Å². The van der Waals surface area contributed by atoms with Crippen molar-refractivity contribution in [3.05, 3.63) is 53.6 Å². The van der Waals surface area contributed by atoms with Crippen molar-refractivity contribution in [1.82, 2.24) is 14.8 Å². The van der Waals surface area contributed by atoms with Crippen LogP contribution in [0.1, 0.15) is 0 Å². The summed E-state index contributed by atoms with van der Waals surface area (Å²) >= 11 is 7.46. The van der Waals surface area contributed by atoms with Crippen molar-refractivity contribution < 1.29 is 9.21 Å². The fraction of sp³-hybridized carbons (Fsp3) is 0.150. The van der Waals surface area contributed by atoms with Crippen LogP contribution >= 0.6 is 23.4 Å². The number of rotatable bonds is 4. The molecule has 2 aromatic heterocycles. The number of aromatic nitrogens is 3. The maximum absolute atomic E-state index is 12.2. The first-order valence-corrected chi connectivity index (χ1v) is 10.2. The molecule has 7 nitrogen and oxygen atoms in total. The number of furan rings is 1. The van der Waals surface area contributed by atoms with Crippen molar-refractivity contribution in [3.63, 3.8) is 0 Å².